The van der Waals surface area contributed by atoms with E-state index in [-0.39, 0.29) is 30.7 Å². The SMILES string of the molecule is CCNCc1ccccc1NC(=O)CCc1c(C)nc2c(c(OC)nn2C)c1C.Cl.Cl. The lowest BCUT2D eigenvalue weighted by Gasteiger charge is -2.13. The van der Waals surface area contributed by atoms with Gasteiger partial charge in [-0.2, -0.15) is 0 Å². The van der Waals surface area contributed by atoms with Crippen LogP contribution in [-0.4, -0.2) is 34.3 Å². The zero-order chi connectivity index (χ0) is 21.0. The molecule has 0 spiro atoms. The van der Waals surface area contributed by atoms with Crippen molar-refractivity contribution in [3.8, 4) is 5.88 Å². The number of ether oxygens (including phenoxy) is 1. The third-order valence-corrected chi connectivity index (χ3v) is 5.18. The molecule has 31 heavy (non-hydrogen) atoms. The molecule has 0 aliphatic rings. The van der Waals surface area contributed by atoms with Crippen LogP contribution in [0.4, 0.5) is 5.69 Å². The third-order valence-electron chi connectivity index (χ3n) is 5.18. The second-order valence-corrected chi connectivity index (χ2v) is 7.12. The Morgan fingerprint density at radius 1 is 1.19 bits per heavy atom. The lowest BCUT2D eigenvalue weighted by molar-refractivity contribution is -0.116. The highest BCUT2D eigenvalue weighted by atomic mass is 35.5. The minimum absolute atomic E-state index is 0. The number of hydrogen-bond donors (Lipinski definition) is 2. The molecule has 0 unspecified atom stereocenters. The standard InChI is InChI=1S/C22H29N5O2.2ClH/c1-6-23-13-16-9-7-8-10-18(16)25-19(28)12-11-17-14(2)20-21(24-15(17)3)27(4)26-22(20)29-5;;/h7-10,23H,6,11-13H2,1-5H3,(H,25,28);2*1H. The van der Waals surface area contributed by atoms with E-state index >= 15 is 0 Å². The number of amides is 1. The molecule has 3 aromatic rings. The Morgan fingerprint density at radius 2 is 1.90 bits per heavy atom. The van der Waals surface area contributed by atoms with E-state index < -0.39 is 0 Å². The van der Waals surface area contributed by atoms with Crippen LogP contribution in [0.3, 0.4) is 0 Å². The van der Waals surface area contributed by atoms with Gasteiger partial charge in [0.1, 0.15) is 0 Å². The molecule has 2 heterocycles. The summed E-state index contributed by atoms with van der Waals surface area (Å²) in [5.74, 6) is 0.557. The lowest BCUT2D eigenvalue weighted by Crippen LogP contribution is -2.17. The van der Waals surface area contributed by atoms with Crippen LogP contribution in [0.15, 0.2) is 24.3 Å². The fourth-order valence-electron chi connectivity index (χ4n) is 3.61. The number of benzene rings is 1. The summed E-state index contributed by atoms with van der Waals surface area (Å²) in [6.45, 7) is 7.69. The van der Waals surface area contributed by atoms with Gasteiger partial charge in [-0.1, -0.05) is 25.1 Å². The molecule has 1 amide bonds. The minimum Gasteiger partial charge on any atom is -0.479 e. The van der Waals surface area contributed by atoms with Crippen LogP contribution in [0.5, 0.6) is 5.88 Å². The number of carbonyl (C=O) groups excluding carboxylic acids is 1. The molecule has 0 aliphatic heterocycles. The number of nitrogens with zero attached hydrogens (tertiary/aromatic N) is 3. The van der Waals surface area contributed by atoms with Crippen LogP contribution in [0.25, 0.3) is 11.0 Å². The van der Waals surface area contributed by atoms with Gasteiger partial charge in [0.15, 0.2) is 5.65 Å². The van der Waals surface area contributed by atoms with Gasteiger partial charge >= 0.3 is 0 Å². The molecule has 2 N–H and O–H groups in total. The smallest absolute Gasteiger partial charge is 0.242 e. The molecular formula is C22H31Cl2N5O2. The number of halogens is 2. The summed E-state index contributed by atoms with van der Waals surface area (Å²) in [5, 5.41) is 11.6. The number of nitrogens with one attached hydrogen (secondary N) is 2. The molecule has 9 heteroatoms. The Balaban J connectivity index is 0.00000240. The zero-order valence-electron chi connectivity index (χ0n) is 18.6. The number of aromatic nitrogens is 3. The molecule has 0 saturated carbocycles. The van der Waals surface area contributed by atoms with Gasteiger partial charge in [0.2, 0.25) is 11.8 Å². The number of methoxy groups -OCH3 is 1. The maximum Gasteiger partial charge on any atom is 0.242 e. The van der Waals surface area contributed by atoms with Gasteiger partial charge < -0.3 is 15.4 Å². The molecule has 7 nitrogen and oxygen atoms in total. The molecule has 0 bridgehead atoms. The fourth-order valence-corrected chi connectivity index (χ4v) is 3.61. The molecule has 1 aromatic carbocycles. The number of rotatable bonds is 8. The normalized spacial score (nSPS) is 10.4. The summed E-state index contributed by atoms with van der Waals surface area (Å²) in [4.78, 5) is 17.3. The number of para-hydroxylation sites is 1. The molecule has 0 atom stereocenters. The number of aryl methyl sites for hydroxylation is 3. The molecular weight excluding hydrogens is 437 g/mol. The number of hydrogen-bond acceptors (Lipinski definition) is 5. The summed E-state index contributed by atoms with van der Waals surface area (Å²) in [6.07, 6.45) is 0.993. The van der Waals surface area contributed by atoms with Crippen LogP contribution in [0, 0.1) is 13.8 Å². The van der Waals surface area contributed by atoms with Crippen LogP contribution in [0.2, 0.25) is 0 Å². The summed E-state index contributed by atoms with van der Waals surface area (Å²) in [7, 11) is 3.47. The van der Waals surface area contributed by atoms with Gasteiger partial charge in [-0.25, -0.2) is 9.67 Å². The van der Waals surface area contributed by atoms with Crippen molar-refractivity contribution >= 4 is 47.4 Å². The molecule has 3 rings (SSSR count). The first kappa shape index (κ1) is 26.7. The highest BCUT2D eigenvalue weighted by molar-refractivity contribution is 5.92. The predicted molar refractivity (Wildman–Crippen MR) is 130 cm³/mol. The molecule has 0 radical (unpaired) electrons. The summed E-state index contributed by atoms with van der Waals surface area (Å²) >= 11 is 0. The minimum atomic E-state index is -0.00834. The van der Waals surface area contributed by atoms with Crippen molar-refractivity contribution in [3.05, 3.63) is 46.6 Å². The maximum absolute atomic E-state index is 12.6. The Kier molecular flexibility index (Phi) is 10.2. The Bertz CT molecular complexity index is 1040. The molecule has 0 fully saturated rings. The second-order valence-electron chi connectivity index (χ2n) is 7.12. The van der Waals surface area contributed by atoms with Crippen molar-refractivity contribution in [1.82, 2.24) is 20.1 Å². The molecule has 2 aromatic heterocycles. The van der Waals surface area contributed by atoms with Crippen molar-refractivity contribution in [1.29, 1.82) is 0 Å². The number of carbonyl (C=O) groups is 1. The largest absolute Gasteiger partial charge is 0.479 e. The number of fused-ring (bicyclic) bond motifs is 1. The topological polar surface area (TPSA) is 81.1 Å². The van der Waals surface area contributed by atoms with E-state index in [1.54, 1.807) is 11.8 Å². The summed E-state index contributed by atoms with van der Waals surface area (Å²) in [6, 6.07) is 7.89. The van der Waals surface area contributed by atoms with E-state index in [4.69, 9.17) is 9.72 Å². The van der Waals surface area contributed by atoms with Crippen LogP contribution in [-0.2, 0) is 24.8 Å². The van der Waals surface area contributed by atoms with E-state index in [1.807, 2.05) is 45.2 Å². The number of pyridine rings is 1. The summed E-state index contributed by atoms with van der Waals surface area (Å²) < 4.78 is 7.14. The van der Waals surface area contributed by atoms with Crippen molar-refractivity contribution < 1.29 is 9.53 Å². The van der Waals surface area contributed by atoms with Gasteiger partial charge in [-0.15, -0.1) is 29.9 Å². The molecule has 0 aliphatic carbocycles. The number of anilines is 1. The van der Waals surface area contributed by atoms with E-state index in [0.29, 0.717) is 18.7 Å². The fraction of sp³-hybridized carbons (Fsp3) is 0.409. The highest BCUT2D eigenvalue weighted by Gasteiger charge is 2.18. The van der Waals surface area contributed by atoms with Crippen LogP contribution < -0.4 is 15.4 Å². The van der Waals surface area contributed by atoms with Crippen molar-refractivity contribution in [2.45, 2.75) is 40.2 Å². The average molecular weight is 468 g/mol. The first-order valence-electron chi connectivity index (χ1n) is 9.91. The first-order chi connectivity index (χ1) is 14.0. The quantitative estimate of drug-likeness (QED) is 0.520. The third kappa shape index (κ3) is 5.87. The average Bonchev–Trinajstić information content (AvgIpc) is 3.03. The van der Waals surface area contributed by atoms with E-state index in [2.05, 4.69) is 22.7 Å². The van der Waals surface area contributed by atoms with Gasteiger partial charge in [0.25, 0.3) is 0 Å². The second kappa shape index (κ2) is 11.9. The molecule has 170 valence electrons. The zero-order valence-corrected chi connectivity index (χ0v) is 20.2. The van der Waals surface area contributed by atoms with Gasteiger partial charge in [-0.3, -0.25) is 4.79 Å². The summed E-state index contributed by atoms with van der Waals surface area (Å²) in [5.41, 5.74) is 5.79. The van der Waals surface area contributed by atoms with Gasteiger partial charge in [-0.05, 0) is 49.6 Å². The molecule has 0 saturated heterocycles. The van der Waals surface area contributed by atoms with Crippen molar-refractivity contribution in [2.75, 3.05) is 19.0 Å². The van der Waals surface area contributed by atoms with Crippen LogP contribution in [0.1, 0.15) is 35.7 Å². The Labute approximate surface area is 195 Å². The van der Waals surface area contributed by atoms with E-state index in [1.165, 1.54) is 0 Å². The van der Waals surface area contributed by atoms with Crippen molar-refractivity contribution in [3.63, 3.8) is 0 Å². The first-order valence-corrected chi connectivity index (χ1v) is 9.91. The predicted octanol–water partition coefficient (Wildman–Crippen LogP) is 4.12. The Morgan fingerprint density at radius 3 is 2.58 bits per heavy atom. The maximum atomic E-state index is 12.6. The Hall–Kier alpha value is -2.35. The van der Waals surface area contributed by atoms with E-state index in [0.717, 1.165) is 52.2 Å². The highest BCUT2D eigenvalue weighted by Crippen LogP contribution is 2.30. The van der Waals surface area contributed by atoms with E-state index in [9.17, 15) is 4.79 Å². The van der Waals surface area contributed by atoms with Gasteiger partial charge in [0, 0.05) is 31.4 Å². The van der Waals surface area contributed by atoms with Crippen LogP contribution >= 0.6 is 24.8 Å². The monoisotopic (exact) mass is 467 g/mol. The van der Waals surface area contributed by atoms with Gasteiger partial charge in [0.05, 0.1) is 12.5 Å². The van der Waals surface area contributed by atoms with Crippen molar-refractivity contribution in [2.24, 2.45) is 7.05 Å². The lowest BCUT2D eigenvalue weighted by atomic mass is 10.00.